The number of methoxy groups -OCH3 is 1. The zero-order valence-electron chi connectivity index (χ0n) is 19.5. The molecule has 0 saturated carbocycles. The summed E-state index contributed by atoms with van der Waals surface area (Å²) in [6, 6.07) is 12.6. The molecule has 7 heteroatoms. The van der Waals surface area contributed by atoms with Gasteiger partial charge in [-0.1, -0.05) is 30.3 Å². The van der Waals surface area contributed by atoms with Crippen LogP contribution in [0.5, 0.6) is 0 Å². The van der Waals surface area contributed by atoms with Crippen LogP contribution in [-0.2, 0) is 9.47 Å². The second-order valence-corrected chi connectivity index (χ2v) is 9.99. The van der Waals surface area contributed by atoms with E-state index in [1.807, 2.05) is 17.8 Å². The van der Waals surface area contributed by atoms with Gasteiger partial charge in [-0.15, -0.1) is 0 Å². The molecule has 186 valence electrons. The van der Waals surface area contributed by atoms with Gasteiger partial charge in [0.1, 0.15) is 11.6 Å². The highest BCUT2D eigenvalue weighted by atomic mass is 32.2. The van der Waals surface area contributed by atoms with Crippen LogP contribution in [0.3, 0.4) is 0 Å². The average molecular weight is 505 g/mol. The van der Waals surface area contributed by atoms with E-state index in [0.717, 1.165) is 49.3 Å². The van der Waals surface area contributed by atoms with Crippen LogP contribution in [0.25, 0.3) is 22.3 Å². The fraction of sp³-hybridized carbons (Fsp3) is 0.357. The standard InChI is InChI=1S/C28H28F4O2S/c1-33-11-2-12-34-16-18-3-10-28(35-17-18)21-5-8-23(26(31)15-21)19-4-7-22(25(30)13-19)20-6-9-24(29)27(32)14-20/h4-9,13-15,18,28H,2-3,10-12,16-17H2,1H3. The highest BCUT2D eigenvalue weighted by molar-refractivity contribution is 7.99. The third-order valence-electron chi connectivity index (χ3n) is 6.24. The van der Waals surface area contributed by atoms with E-state index in [1.165, 1.54) is 24.3 Å². The van der Waals surface area contributed by atoms with E-state index in [1.54, 1.807) is 19.2 Å². The third kappa shape index (κ3) is 6.46. The van der Waals surface area contributed by atoms with Gasteiger partial charge in [0.05, 0.1) is 6.61 Å². The number of hydrogen-bond acceptors (Lipinski definition) is 3. The van der Waals surface area contributed by atoms with E-state index in [9.17, 15) is 13.2 Å². The third-order valence-corrected chi connectivity index (χ3v) is 7.81. The Morgan fingerprint density at radius 3 is 2.09 bits per heavy atom. The van der Waals surface area contributed by atoms with E-state index in [-0.39, 0.29) is 16.4 Å². The Hall–Kier alpha value is -2.35. The van der Waals surface area contributed by atoms with Gasteiger partial charge in [-0.3, -0.25) is 0 Å². The number of thioether (sulfide) groups is 1. The first-order valence-electron chi connectivity index (χ1n) is 11.7. The van der Waals surface area contributed by atoms with Crippen molar-refractivity contribution in [3.8, 4) is 22.3 Å². The normalized spacial score (nSPS) is 18.1. The molecule has 0 N–H and O–H groups in total. The van der Waals surface area contributed by atoms with Crippen LogP contribution in [0.4, 0.5) is 17.6 Å². The second kappa shape index (κ2) is 12.1. The maximum atomic E-state index is 15.0. The van der Waals surface area contributed by atoms with Crippen molar-refractivity contribution >= 4 is 11.8 Å². The van der Waals surface area contributed by atoms with Crippen molar-refractivity contribution in [2.75, 3.05) is 32.7 Å². The van der Waals surface area contributed by atoms with Crippen molar-refractivity contribution < 1.29 is 27.0 Å². The summed E-state index contributed by atoms with van der Waals surface area (Å²) in [5, 5.41) is 0.218. The average Bonchev–Trinajstić information content (AvgIpc) is 2.86. The first-order chi connectivity index (χ1) is 17.0. The summed E-state index contributed by atoms with van der Waals surface area (Å²) in [4.78, 5) is 0. The Morgan fingerprint density at radius 1 is 0.771 bits per heavy atom. The fourth-order valence-electron chi connectivity index (χ4n) is 4.30. The lowest BCUT2D eigenvalue weighted by molar-refractivity contribution is 0.0803. The number of ether oxygens (including phenoxy) is 2. The summed E-state index contributed by atoms with van der Waals surface area (Å²) in [7, 11) is 1.68. The molecule has 0 radical (unpaired) electrons. The maximum Gasteiger partial charge on any atom is 0.159 e. The smallest absolute Gasteiger partial charge is 0.159 e. The molecule has 0 spiro atoms. The van der Waals surface area contributed by atoms with E-state index >= 15 is 4.39 Å². The van der Waals surface area contributed by atoms with Crippen LogP contribution >= 0.6 is 11.8 Å². The molecule has 4 rings (SSSR count). The number of rotatable bonds is 9. The Morgan fingerprint density at radius 2 is 1.46 bits per heavy atom. The Kier molecular flexibility index (Phi) is 8.87. The van der Waals surface area contributed by atoms with Crippen LogP contribution in [0, 0.1) is 29.2 Å². The van der Waals surface area contributed by atoms with Gasteiger partial charge in [0.15, 0.2) is 11.6 Å². The zero-order chi connectivity index (χ0) is 24.8. The van der Waals surface area contributed by atoms with Crippen molar-refractivity contribution in [2.24, 2.45) is 5.92 Å². The van der Waals surface area contributed by atoms with E-state index in [0.29, 0.717) is 30.3 Å². The van der Waals surface area contributed by atoms with Gasteiger partial charge in [0, 0.05) is 36.7 Å². The van der Waals surface area contributed by atoms with Gasteiger partial charge in [0.2, 0.25) is 0 Å². The maximum absolute atomic E-state index is 15.0. The molecule has 0 amide bonds. The predicted molar refractivity (Wildman–Crippen MR) is 132 cm³/mol. The van der Waals surface area contributed by atoms with Gasteiger partial charge in [-0.2, -0.15) is 11.8 Å². The van der Waals surface area contributed by atoms with Crippen LogP contribution in [-0.4, -0.2) is 32.7 Å². The molecular formula is C28H28F4O2S. The summed E-state index contributed by atoms with van der Waals surface area (Å²) in [5.74, 6) is -1.62. The minimum atomic E-state index is -1.05. The van der Waals surface area contributed by atoms with Crippen molar-refractivity contribution in [2.45, 2.75) is 24.5 Å². The number of halogens is 4. The van der Waals surface area contributed by atoms with Crippen LogP contribution in [0.2, 0.25) is 0 Å². The van der Waals surface area contributed by atoms with E-state index in [2.05, 4.69) is 0 Å². The number of hydrogen-bond donors (Lipinski definition) is 0. The first-order valence-corrected chi connectivity index (χ1v) is 12.7. The molecule has 3 aromatic rings. The van der Waals surface area contributed by atoms with Gasteiger partial charge >= 0.3 is 0 Å². The lowest BCUT2D eigenvalue weighted by Gasteiger charge is -2.28. The zero-order valence-corrected chi connectivity index (χ0v) is 20.4. The lowest BCUT2D eigenvalue weighted by Crippen LogP contribution is -2.19. The fourth-order valence-corrected chi connectivity index (χ4v) is 5.71. The van der Waals surface area contributed by atoms with Crippen molar-refractivity contribution in [3.63, 3.8) is 0 Å². The molecule has 3 aromatic carbocycles. The van der Waals surface area contributed by atoms with Gasteiger partial charge < -0.3 is 9.47 Å². The summed E-state index contributed by atoms with van der Waals surface area (Å²) < 4.78 is 67.3. The molecule has 1 saturated heterocycles. The highest BCUT2D eigenvalue weighted by Gasteiger charge is 2.24. The predicted octanol–water partition coefficient (Wildman–Crippen LogP) is 7.81. The van der Waals surface area contributed by atoms with Crippen LogP contribution < -0.4 is 0 Å². The number of benzene rings is 3. The Bertz CT molecular complexity index is 1150. The molecule has 35 heavy (non-hydrogen) atoms. The van der Waals surface area contributed by atoms with Gasteiger partial charge in [0.25, 0.3) is 0 Å². The molecule has 2 nitrogen and oxygen atoms in total. The van der Waals surface area contributed by atoms with E-state index in [4.69, 9.17) is 9.47 Å². The molecule has 2 atom stereocenters. The molecule has 2 unspecified atom stereocenters. The summed E-state index contributed by atoms with van der Waals surface area (Å²) in [6.07, 6.45) is 2.87. The SMILES string of the molecule is COCCCOCC1CCC(c2ccc(-c3ccc(-c4ccc(F)c(F)c4)c(F)c3)c(F)c2)SC1. The van der Waals surface area contributed by atoms with Crippen LogP contribution in [0.1, 0.15) is 30.1 Å². The molecule has 1 fully saturated rings. The summed E-state index contributed by atoms with van der Waals surface area (Å²) >= 11 is 1.82. The van der Waals surface area contributed by atoms with Crippen LogP contribution in [0.15, 0.2) is 54.6 Å². The van der Waals surface area contributed by atoms with Crippen molar-refractivity contribution in [3.05, 3.63) is 83.4 Å². The monoisotopic (exact) mass is 504 g/mol. The second-order valence-electron chi connectivity index (χ2n) is 8.75. The van der Waals surface area contributed by atoms with E-state index < -0.39 is 23.3 Å². The summed E-state index contributed by atoms with van der Waals surface area (Å²) in [5.41, 5.74) is 1.96. The Labute approximate surface area is 207 Å². The van der Waals surface area contributed by atoms with Gasteiger partial charge in [-0.25, -0.2) is 17.6 Å². The minimum Gasteiger partial charge on any atom is -0.385 e. The molecular weight excluding hydrogens is 476 g/mol. The molecule has 0 aromatic heterocycles. The van der Waals surface area contributed by atoms with Crippen molar-refractivity contribution in [1.29, 1.82) is 0 Å². The highest BCUT2D eigenvalue weighted by Crippen LogP contribution is 2.42. The summed E-state index contributed by atoms with van der Waals surface area (Å²) in [6.45, 7) is 2.14. The molecule has 0 aliphatic carbocycles. The molecule has 1 aliphatic rings. The van der Waals surface area contributed by atoms with Gasteiger partial charge in [-0.05, 0) is 71.9 Å². The quantitative estimate of drug-likeness (QED) is 0.219. The largest absolute Gasteiger partial charge is 0.385 e. The lowest BCUT2D eigenvalue weighted by atomic mass is 9.96. The Balaban J connectivity index is 1.40. The van der Waals surface area contributed by atoms with Crippen molar-refractivity contribution in [1.82, 2.24) is 0 Å². The molecule has 0 bridgehead atoms. The molecule has 1 aliphatic heterocycles. The first kappa shape index (κ1) is 25.7. The topological polar surface area (TPSA) is 18.5 Å². The molecule has 1 heterocycles. The minimum absolute atomic E-state index is 0.125.